The van der Waals surface area contributed by atoms with Crippen LogP contribution in [0.4, 0.5) is 0 Å². The van der Waals surface area contributed by atoms with Gasteiger partial charge in [-0.05, 0) is 6.42 Å². The number of hydrogen-bond donors (Lipinski definition) is 2. The van der Waals surface area contributed by atoms with Gasteiger partial charge < -0.3 is 9.72 Å². The molecule has 2 N–H and O–H groups in total. The number of nitrogens with zero attached hydrogens (tertiary/aromatic N) is 2. The van der Waals surface area contributed by atoms with Gasteiger partial charge in [0.25, 0.3) is 5.56 Å². The zero-order valence-corrected chi connectivity index (χ0v) is 10.6. The first-order valence-corrected chi connectivity index (χ1v) is 5.97. The van der Waals surface area contributed by atoms with Gasteiger partial charge in [0.05, 0.1) is 5.88 Å². The summed E-state index contributed by atoms with van der Waals surface area (Å²) in [4.78, 5) is 32.5. The van der Waals surface area contributed by atoms with Gasteiger partial charge in [0, 0.05) is 20.3 Å². The monoisotopic (exact) mass is 272 g/mol. The third-order valence-electron chi connectivity index (χ3n) is 2.54. The first-order valence-electron chi connectivity index (χ1n) is 5.44. The molecule has 98 valence electrons. The van der Waals surface area contributed by atoms with Crippen molar-refractivity contribution in [1.82, 2.24) is 19.5 Å². The zero-order chi connectivity index (χ0) is 13.1. The molecule has 18 heavy (non-hydrogen) atoms. The van der Waals surface area contributed by atoms with Gasteiger partial charge in [-0.2, -0.15) is 0 Å². The van der Waals surface area contributed by atoms with Crippen LogP contribution in [0.2, 0.25) is 0 Å². The second kappa shape index (κ2) is 5.36. The highest BCUT2D eigenvalue weighted by molar-refractivity contribution is 6.16. The highest BCUT2D eigenvalue weighted by Gasteiger charge is 2.12. The topological polar surface area (TPSA) is 92.8 Å². The Hall–Kier alpha value is -1.60. The number of aromatic nitrogens is 4. The van der Waals surface area contributed by atoms with E-state index in [1.165, 1.54) is 4.57 Å². The van der Waals surface area contributed by atoms with Crippen LogP contribution in [0.25, 0.3) is 11.2 Å². The van der Waals surface area contributed by atoms with E-state index in [9.17, 15) is 9.59 Å². The molecule has 0 aromatic carbocycles. The Labute approximate surface area is 107 Å². The number of ether oxygens (including phenoxy) is 1. The molecule has 0 saturated heterocycles. The molecule has 0 unspecified atom stereocenters. The van der Waals surface area contributed by atoms with Crippen molar-refractivity contribution < 1.29 is 4.74 Å². The lowest BCUT2D eigenvalue weighted by Gasteiger charge is -2.04. The highest BCUT2D eigenvalue weighted by Crippen LogP contribution is 2.07. The molecule has 0 bridgehead atoms. The summed E-state index contributed by atoms with van der Waals surface area (Å²) in [6, 6.07) is 0. The smallest absolute Gasteiger partial charge is 0.330 e. The third kappa shape index (κ3) is 2.32. The molecule has 0 radical (unpaired) electrons. The molecule has 0 atom stereocenters. The van der Waals surface area contributed by atoms with E-state index in [0.29, 0.717) is 31.0 Å². The van der Waals surface area contributed by atoms with Gasteiger partial charge in [-0.3, -0.25) is 14.3 Å². The number of alkyl halides is 1. The van der Waals surface area contributed by atoms with Crippen LogP contribution in [-0.4, -0.2) is 33.2 Å². The molecule has 2 aromatic rings. The molecule has 0 aliphatic heterocycles. The first kappa shape index (κ1) is 12.8. The van der Waals surface area contributed by atoms with Crippen molar-refractivity contribution in [3.8, 4) is 0 Å². The number of aryl methyl sites for hydroxylation is 1. The van der Waals surface area contributed by atoms with Crippen LogP contribution >= 0.6 is 11.6 Å². The van der Waals surface area contributed by atoms with Crippen molar-refractivity contribution in [2.45, 2.75) is 18.8 Å². The van der Waals surface area contributed by atoms with Crippen molar-refractivity contribution >= 4 is 22.8 Å². The maximum Gasteiger partial charge on any atom is 0.330 e. The molecule has 0 amide bonds. The fourth-order valence-electron chi connectivity index (χ4n) is 1.73. The van der Waals surface area contributed by atoms with Gasteiger partial charge in [-0.15, -0.1) is 11.6 Å². The van der Waals surface area contributed by atoms with Crippen molar-refractivity contribution in [1.29, 1.82) is 0 Å². The van der Waals surface area contributed by atoms with E-state index >= 15 is 0 Å². The van der Waals surface area contributed by atoms with E-state index in [4.69, 9.17) is 16.3 Å². The number of H-pyrrole nitrogens is 2. The number of nitrogens with one attached hydrogen (secondary N) is 2. The normalized spacial score (nSPS) is 11.2. The van der Waals surface area contributed by atoms with Crippen LogP contribution in [0.5, 0.6) is 0 Å². The quantitative estimate of drug-likeness (QED) is 0.600. The van der Waals surface area contributed by atoms with E-state index in [-0.39, 0.29) is 11.4 Å². The molecule has 0 aliphatic carbocycles. The molecule has 0 fully saturated rings. The van der Waals surface area contributed by atoms with Gasteiger partial charge in [0.1, 0.15) is 11.3 Å². The third-order valence-corrected chi connectivity index (χ3v) is 2.79. The number of aromatic amines is 2. The fourth-order valence-corrected chi connectivity index (χ4v) is 1.85. The van der Waals surface area contributed by atoms with Crippen LogP contribution in [-0.2, 0) is 17.2 Å². The molecular weight excluding hydrogens is 260 g/mol. The van der Waals surface area contributed by atoms with Crippen LogP contribution in [0, 0.1) is 0 Å². The molecule has 0 saturated carbocycles. The summed E-state index contributed by atoms with van der Waals surface area (Å²) in [5, 5.41) is 0. The molecule has 0 aliphatic rings. The number of hydrogen-bond acceptors (Lipinski definition) is 4. The van der Waals surface area contributed by atoms with Crippen LogP contribution in [0.15, 0.2) is 9.59 Å². The summed E-state index contributed by atoms with van der Waals surface area (Å²) in [5.41, 5.74) is -0.365. The van der Waals surface area contributed by atoms with Gasteiger partial charge in [-0.25, -0.2) is 9.78 Å². The number of imidazole rings is 1. The Kier molecular flexibility index (Phi) is 3.83. The average Bonchev–Trinajstić information content (AvgIpc) is 2.78. The van der Waals surface area contributed by atoms with Crippen LogP contribution < -0.4 is 11.2 Å². The SMILES string of the molecule is COCCCn1c(=O)[nH]c(=O)c2[nH]c(CCl)nc21. The minimum Gasteiger partial charge on any atom is -0.385 e. The summed E-state index contributed by atoms with van der Waals surface area (Å²) in [5.74, 6) is 0.615. The fraction of sp³-hybridized carbons (Fsp3) is 0.500. The number of methoxy groups -OCH3 is 1. The summed E-state index contributed by atoms with van der Waals surface area (Å²) in [7, 11) is 1.59. The molecular formula is C10H13ClN4O3. The van der Waals surface area contributed by atoms with Gasteiger partial charge >= 0.3 is 5.69 Å². The number of halogens is 1. The van der Waals surface area contributed by atoms with Gasteiger partial charge in [0.15, 0.2) is 5.65 Å². The summed E-state index contributed by atoms with van der Waals surface area (Å²) in [6.07, 6.45) is 0.653. The number of fused-ring (bicyclic) bond motifs is 1. The minimum absolute atomic E-state index is 0.153. The van der Waals surface area contributed by atoms with Crippen molar-refractivity contribution in [3.05, 3.63) is 26.7 Å². The number of rotatable bonds is 5. The lowest BCUT2D eigenvalue weighted by Crippen LogP contribution is -2.30. The lowest BCUT2D eigenvalue weighted by atomic mass is 10.4. The average molecular weight is 273 g/mol. The largest absolute Gasteiger partial charge is 0.385 e. The Morgan fingerprint density at radius 1 is 1.39 bits per heavy atom. The van der Waals surface area contributed by atoms with E-state index in [0.717, 1.165) is 0 Å². The van der Waals surface area contributed by atoms with E-state index in [1.807, 2.05) is 0 Å². The van der Waals surface area contributed by atoms with Crippen LogP contribution in [0.1, 0.15) is 12.2 Å². The second-order valence-corrected chi connectivity index (χ2v) is 4.04. The maximum atomic E-state index is 11.7. The van der Waals surface area contributed by atoms with E-state index in [1.54, 1.807) is 7.11 Å². The van der Waals surface area contributed by atoms with Crippen molar-refractivity contribution in [2.24, 2.45) is 0 Å². The molecule has 8 heteroatoms. The molecule has 2 aromatic heterocycles. The van der Waals surface area contributed by atoms with Crippen molar-refractivity contribution in [2.75, 3.05) is 13.7 Å². The predicted octanol–water partition coefficient (Wildman–Crippen LogP) is 0.188. The highest BCUT2D eigenvalue weighted by atomic mass is 35.5. The predicted molar refractivity (Wildman–Crippen MR) is 67.0 cm³/mol. The Balaban J connectivity index is 2.53. The van der Waals surface area contributed by atoms with Crippen LogP contribution in [0.3, 0.4) is 0 Å². The maximum absolute atomic E-state index is 11.7. The van der Waals surface area contributed by atoms with Gasteiger partial charge in [0.2, 0.25) is 0 Å². The Morgan fingerprint density at radius 2 is 2.17 bits per heavy atom. The molecule has 0 spiro atoms. The Morgan fingerprint density at radius 3 is 2.83 bits per heavy atom. The van der Waals surface area contributed by atoms with Gasteiger partial charge in [-0.1, -0.05) is 0 Å². The first-order chi connectivity index (χ1) is 8.67. The Bertz CT molecular complexity index is 657. The lowest BCUT2D eigenvalue weighted by molar-refractivity contribution is 0.190. The summed E-state index contributed by atoms with van der Waals surface area (Å²) < 4.78 is 6.33. The van der Waals surface area contributed by atoms with E-state index < -0.39 is 11.2 Å². The second-order valence-electron chi connectivity index (χ2n) is 3.77. The van der Waals surface area contributed by atoms with Crippen molar-refractivity contribution in [3.63, 3.8) is 0 Å². The minimum atomic E-state index is -0.484. The summed E-state index contributed by atoms with van der Waals surface area (Å²) in [6.45, 7) is 0.951. The standard InChI is InChI=1S/C10H13ClN4O3/c1-18-4-2-3-15-8-7(9(16)14-10(15)17)12-6(5-11)13-8/h2-5H2,1H3,(H,12,13)(H,14,16,17). The molecule has 7 nitrogen and oxygen atoms in total. The zero-order valence-electron chi connectivity index (χ0n) is 9.83. The van der Waals surface area contributed by atoms with E-state index in [2.05, 4.69) is 15.0 Å². The molecule has 2 heterocycles. The molecule has 2 rings (SSSR count). The summed E-state index contributed by atoms with van der Waals surface area (Å²) >= 11 is 5.66.